The van der Waals surface area contributed by atoms with Crippen LogP contribution in [0.2, 0.25) is 0 Å². The van der Waals surface area contributed by atoms with Crippen LogP contribution in [-0.2, 0) is 19.1 Å². The molecule has 2 fully saturated rings. The van der Waals surface area contributed by atoms with Gasteiger partial charge in [-0.1, -0.05) is 0 Å². The second-order valence-corrected chi connectivity index (χ2v) is 4.59. The Bertz CT molecular complexity index is 317. The lowest BCUT2D eigenvalue weighted by atomic mass is 10.0. The molecule has 2 heterocycles. The van der Waals surface area contributed by atoms with Gasteiger partial charge >= 0.3 is 5.97 Å². The number of ether oxygens (including phenoxy) is 2. The van der Waals surface area contributed by atoms with Crippen molar-refractivity contribution in [2.75, 3.05) is 33.0 Å². The van der Waals surface area contributed by atoms with Crippen LogP contribution in [0.15, 0.2) is 0 Å². The third kappa shape index (κ3) is 3.41. The molecule has 2 aliphatic rings. The Hall–Kier alpha value is -1.18. The lowest BCUT2D eigenvalue weighted by Gasteiger charge is -2.24. The molecule has 3 unspecified atom stereocenters. The maximum Gasteiger partial charge on any atom is 0.311 e. The number of carbonyl (C=O) groups excluding carboxylic acids is 1. The van der Waals surface area contributed by atoms with E-state index in [1.54, 1.807) is 0 Å². The summed E-state index contributed by atoms with van der Waals surface area (Å²) in [4.78, 5) is 22.7. The number of aliphatic carboxylic acids is 1. The maximum atomic E-state index is 11.8. The summed E-state index contributed by atoms with van der Waals surface area (Å²) in [5.41, 5.74) is 0. The van der Waals surface area contributed by atoms with Crippen molar-refractivity contribution in [2.45, 2.75) is 18.5 Å². The Kier molecular flexibility index (Phi) is 4.51. The number of hydrogen-bond donors (Lipinski definition) is 3. The highest BCUT2D eigenvalue weighted by molar-refractivity contribution is 5.79. The predicted octanol–water partition coefficient (Wildman–Crippen LogP) is -1.42. The van der Waals surface area contributed by atoms with E-state index < -0.39 is 17.9 Å². The molecule has 3 N–H and O–H groups in total. The van der Waals surface area contributed by atoms with Gasteiger partial charge in [-0.05, 0) is 0 Å². The first-order valence-corrected chi connectivity index (χ1v) is 6.08. The van der Waals surface area contributed by atoms with E-state index in [4.69, 9.17) is 14.6 Å². The minimum Gasteiger partial charge on any atom is -0.481 e. The second-order valence-electron chi connectivity index (χ2n) is 4.59. The molecule has 102 valence electrons. The summed E-state index contributed by atoms with van der Waals surface area (Å²) < 4.78 is 10.3. The summed E-state index contributed by atoms with van der Waals surface area (Å²) in [6.07, 6.45) is 0.294. The van der Waals surface area contributed by atoms with Crippen LogP contribution in [0.4, 0.5) is 0 Å². The fourth-order valence-electron chi connectivity index (χ4n) is 2.18. The number of carboxylic acids is 1. The third-order valence-corrected chi connectivity index (χ3v) is 3.17. The van der Waals surface area contributed by atoms with Crippen LogP contribution < -0.4 is 10.6 Å². The molecule has 0 bridgehead atoms. The molecule has 0 aromatic heterocycles. The smallest absolute Gasteiger partial charge is 0.311 e. The molecule has 2 rings (SSSR count). The Labute approximate surface area is 105 Å². The van der Waals surface area contributed by atoms with Crippen LogP contribution in [0.3, 0.4) is 0 Å². The van der Waals surface area contributed by atoms with Crippen molar-refractivity contribution in [3.8, 4) is 0 Å². The topological polar surface area (TPSA) is 96.9 Å². The van der Waals surface area contributed by atoms with Gasteiger partial charge in [-0.25, -0.2) is 0 Å². The van der Waals surface area contributed by atoms with Gasteiger partial charge in [-0.15, -0.1) is 0 Å². The molecule has 7 nitrogen and oxygen atoms in total. The lowest BCUT2D eigenvalue weighted by molar-refractivity contribution is -0.142. The van der Waals surface area contributed by atoms with Crippen LogP contribution in [0.1, 0.15) is 6.42 Å². The minimum absolute atomic E-state index is 0.00403. The number of carbonyl (C=O) groups is 2. The summed E-state index contributed by atoms with van der Waals surface area (Å²) in [6, 6.07) is -0.427. The molecule has 0 aromatic carbocycles. The van der Waals surface area contributed by atoms with E-state index >= 15 is 0 Å². The zero-order valence-electron chi connectivity index (χ0n) is 10.1. The fraction of sp³-hybridized carbons (Fsp3) is 0.818. The molecule has 0 aliphatic carbocycles. The molecule has 0 radical (unpaired) electrons. The summed E-state index contributed by atoms with van der Waals surface area (Å²) in [5, 5.41) is 14.8. The number of nitrogens with one attached hydrogen (secondary N) is 2. The Balaban J connectivity index is 1.77. The Morgan fingerprint density at radius 1 is 1.28 bits per heavy atom. The first kappa shape index (κ1) is 13.3. The number of carboxylic acid groups (broad SMARTS) is 1. The van der Waals surface area contributed by atoms with E-state index in [0.29, 0.717) is 19.6 Å². The highest BCUT2D eigenvalue weighted by Crippen LogP contribution is 2.14. The average molecular weight is 258 g/mol. The van der Waals surface area contributed by atoms with Crippen molar-refractivity contribution in [1.82, 2.24) is 10.6 Å². The van der Waals surface area contributed by atoms with Gasteiger partial charge < -0.3 is 25.2 Å². The Morgan fingerprint density at radius 3 is 2.78 bits per heavy atom. The number of hydrogen-bond acceptors (Lipinski definition) is 5. The van der Waals surface area contributed by atoms with Crippen molar-refractivity contribution >= 4 is 11.9 Å². The number of morpholine rings is 1. The van der Waals surface area contributed by atoms with Gasteiger partial charge in [0.2, 0.25) is 5.91 Å². The Morgan fingerprint density at radius 2 is 2.11 bits per heavy atom. The summed E-state index contributed by atoms with van der Waals surface area (Å²) in [6.45, 7) is 2.33. The van der Waals surface area contributed by atoms with Gasteiger partial charge in [-0.2, -0.15) is 0 Å². The normalized spacial score (nSPS) is 32.1. The molecule has 7 heteroatoms. The van der Waals surface area contributed by atoms with Crippen molar-refractivity contribution in [3.05, 3.63) is 0 Å². The summed E-state index contributed by atoms with van der Waals surface area (Å²) in [5.74, 6) is -1.75. The molecule has 18 heavy (non-hydrogen) atoms. The van der Waals surface area contributed by atoms with E-state index in [-0.39, 0.29) is 25.2 Å². The van der Waals surface area contributed by atoms with Gasteiger partial charge in [0, 0.05) is 19.0 Å². The van der Waals surface area contributed by atoms with E-state index in [1.165, 1.54) is 0 Å². The van der Waals surface area contributed by atoms with E-state index in [0.717, 1.165) is 6.54 Å². The van der Waals surface area contributed by atoms with Crippen LogP contribution in [0.25, 0.3) is 0 Å². The van der Waals surface area contributed by atoms with Crippen LogP contribution in [-0.4, -0.2) is 62.0 Å². The van der Waals surface area contributed by atoms with Gasteiger partial charge in [0.05, 0.1) is 32.5 Å². The van der Waals surface area contributed by atoms with Crippen molar-refractivity contribution < 1.29 is 24.2 Å². The average Bonchev–Trinajstić information content (AvgIpc) is 2.78. The molecule has 0 saturated carbocycles. The quantitative estimate of drug-likeness (QED) is 0.572. The molecular formula is C11H18N2O5. The van der Waals surface area contributed by atoms with Crippen molar-refractivity contribution in [3.63, 3.8) is 0 Å². The minimum atomic E-state index is -0.933. The molecule has 2 saturated heterocycles. The maximum absolute atomic E-state index is 11.8. The van der Waals surface area contributed by atoms with Gasteiger partial charge in [0.1, 0.15) is 5.92 Å². The summed E-state index contributed by atoms with van der Waals surface area (Å²) in [7, 11) is 0. The second kappa shape index (κ2) is 6.12. The first-order valence-electron chi connectivity index (χ1n) is 6.08. The van der Waals surface area contributed by atoms with Gasteiger partial charge in [-0.3, -0.25) is 9.59 Å². The number of amides is 1. The number of rotatable bonds is 4. The van der Waals surface area contributed by atoms with Crippen LogP contribution in [0.5, 0.6) is 0 Å². The molecule has 2 aliphatic heterocycles. The van der Waals surface area contributed by atoms with Gasteiger partial charge in [0.15, 0.2) is 0 Å². The summed E-state index contributed by atoms with van der Waals surface area (Å²) >= 11 is 0. The largest absolute Gasteiger partial charge is 0.481 e. The molecule has 1 amide bonds. The van der Waals surface area contributed by atoms with Crippen molar-refractivity contribution in [1.29, 1.82) is 0 Å². The third-order valence-electron chi connectivity index (χ3n) is 3.17. The van der Waals surface area contributed by atoms with Crippen LogP contribution >= 0.6 is 0 Å². The van der Waals surface area contributed by atoms with E-state index in [9.17, 15) is 9.59 Å². The standard InChI is InChI=1S/C11H18N2O5/c14-10(3-7-4-17-2-1-12-7)13-9-6-18-5-8(9)11(15)16/h7-9,12H,1-6H2,(H,13,14)(H,15,16). The molecule has 3 atom stereocenters. The first-order chi connectivity index (χ1) is 8.66. The van der Waals surface area contributed by atoms with E-state index in [1.807, 2.05) is 0 Å². The zero-order chi connectivity index (χ0) is 13.0. The monoisotopic (exact) mass is 258 g/mol. The highest BCUT2D eigenvalue weighted by atomic mass is 16.5. The SMILES string of the molecule is O=C(CC1COCCN1)NC1COCC1C(=O)O. The predicted molar refractivity (Wildman–Crippen MR) is 61.1 cm³/mol. The van der Waals surface area contributed by atoms with E-state index in [2.05, 4.69) is 10.6 Å². The van der Waals surface area contributed by atoms with Crippen LogP contribution in [0, 0.1) is 5.92 Å². The highest BCUT2D eigenvalue weighted by Gasteiger charge is 2.35. The fourth-order valence-corrected chi connectivity index (χ4v) is 2.18. The molecule has 0 aromatic rings. The van der Waals surface area contributed by atoms with Gasteiger partial charge in [0.25, 0.3) is 0 Å². The van der Waals surface area contributed by atoms with Crippen molar-refractivity contribution in [2.24, 2.45) is 5.92 Å². The molecule has 0 spiro atoms. The lowest BCUT2D eigenvalue weighted by Crippen LogP contribution is -2.48. The zero-order valence-corrected chi connectivity index (χ0v) is 10.1. The molecular weight excluding hydrogens is 240 g/mol.